The molecule has 7 nitrogen and oxygen atoms in total. The smallest absolute Gasteiger partial charge is 0.409 e. The molecule has 0 bridgehead atoms. The summed E-state index contributed by atoms with van der Waals surface area (Å²) in [4.78, 5) is 31.7. The fourth-order valence-corrected chi connectivity index (χ4v) is 5.50. The van der Waals surface area contributed by atoms with Crippen LogP contribution in [0, 0.1) is 0 Å². The van der Waals surface area contributed by atoms with Crippen molar-refractivity contribution in [2.75, 3.05) is 37.7 Å². The Hall–Kier alpha value is -3.10. The number of carbonyl (C=O) groups is 2. The van der Waals surface area contributed by atoms with Crippen LogP contribution in [-0.2, 0) is 4.74 Å². The molecule has 3 aromatic rings. The average Bonchev–Trinajstić information content (AvgIpc) is 3.36. The number of thiazole rings is 1. The van der Waals surface area contributed by atoms with Gasteiger partial charge in [-0.25, -0.2) is 14.6 Å². The van der Waals surface area contributed by atoms with Crippen molar-refractivity contribution in [1.82, 2.24) is 9.88 Å². The van der Waals surface area contributed by atoms with E-state index in [1.165, 1.54) is 22.3 Å². The monoisotopic (exact) mass is 469 g/mol. The largest absolute Gasteiger partial charge is 0.477 e. The third-order valence-electron chi connectivity index (χ3n) is 5.91. The van der Waals surface area contributed by atoms with Crippen molar-refractivity contribution in [2.24, 2.45) is 0 Å². The highest BCUT2D eigenvalue weighted by molar-refractivity contribution is 7.18. The highest BCUT2D eigenvalue weighted by Crippen LogP contribution is 2.44. The van der Waals surface area contributed by atoms with Crippen LogP contribution in [0.3, 0.4) is 0 Å². The van der Waals surface area contributed by atoms with Gasteiger partial charge in [0.15, 0.2) is 15.2 Å². The molecule has 1 aliphatic carbocycles. The number of anilines is 1. The van der Waals surface area contributed by atoms with Gasteiger partial charge in [0.05, 0.1) is 0 Å². The van der Waals surface area contributed by atoms with Crippen LogP contribution in [0.5, 0.6) is 0 Å². The fraction of sp³-hybridized carbons (Fsp3) is 0.261. The topological polar surface area (TPSA) is 83.0 Å². The minimum atomic E-state index is -1.09. The number of halogens is 1. The third-order valence-corrected chi connectivity index (χ3v) is 7.40. The lowest BCUT2D eigenvalue weighted by atomic mass is 9.98. The number of nitrogens with zero attached hydrogens (tertiary/aromatic N) is 3. The molecule has 2 aliphatic rings. The normalized spacial score (nSPS) is 15.4. The van der Waals surface area contributed by atoms with E-state index in [-0.39, 0.29) is 28.6 Å². The number of carboxylic acid groups (broad SMARTS) is 1. The summed E-state index contributed by atoms with van der Waals surface area (Å²) in [5.74, 6) is -1.06. The van der Waals surface area contributed by atoms with E-state index in [0.29, 0.717) is 31.3 Å². The summed E-state index contributed by atoms with van der Waals surface area (Å²) < 4.78 is 5.73. The first-order valence-electron chi connectivity index (χ1n) is 10.3. The number of hydrogen-bond acceptors (Lipinski definition) is 6. The summed E-state index contributed by atoms with van der Waals surface area (Å²) in [7, 11) is 0. The maximum Gasteiger partial charge on any atom is 0.409 e. The van der Waals surface area contributed by atoms with Gasteiger partial charge in [-0.3, -0.25) is 0 Å². The van der Waals surface area contributed by atoms with Crippen LogP contribution in [0.2, 0.25) is 5.15 Å². The minimum Gasteiger partial charge on any atom is -0.477 e. The van der Waals surface area contributed by atoms with E-state index < -0.39 is 5.97 Å². The summed E-state index contributed by atoms with van der Waals surface area (Å²) in [5.41, 5.74) is 4.75. The summed E-state index contributed by atoms with van der Waals surface area (Å²) in [6, 6.07) is 16.5. The van der Waals surface area contributed by atoms with E-state index in [2.05, 4.69) is 29.2 Å². The molecule has 9 heteroatoms. The molecule has 0 saturated carbocycles. The number of ether oxygens (including phenoxy) is 1. The Morgan fingerprint density at radius 1 is 1.03 bits per heavy atom. The Morgan fingerprint density at radius 2 is 1.62 bits per heavy atom. The second-order valence-corrected chi connectivity index (χ2v) is 9.04. The van der Waals surface area contributed by atoms with E-state index in [0.717, 1.165) is 11.3 Å². The van der Waals surface area contributed by atoms with Crippen LogP contribution < -0.4 is 4.90 Å². The number of amides is 1. The van der Waals surface area contributed by atoms with Crippen molar-refractivity contribution < 1.29 is 19.4 Å². The van der Waals surface area contributed by atoms with Crippen molar-refractivity contribution in [1.29, 1.82) is 0 Å². The SMILES string of the molecule is O=C(O)c1sc(N2CCN(C(=O)OCC3c4ccccc4-c4ccccc43)CC2)nc1Cl. The fourth-order valence-electron chi connectivity index (χ4n) is 4.32. The second kappa shape index (κ2) is 8.44. The minimum absolute atomic E-state index is 0.00327. The summed E-state index contributed by atoms with van der Waals surface area (Å²) in [5, 5.41) is 9.71. The Kier molecular flexibility index (Phi) is 5.48. The standard InChI is InChI=1S/C23H20ClN3O4S/c24-20-19(21(28)29)32-22(25-20)26-9-11-27(12-10-26)23(30)31-13-18-16-7-3-1-5-14(16)15-6-2-4-8-17(15)18/h1-8,18H,9-13H2,(H,28,29). The predicted octanol–water partition coefficient (Wildman–Crippen LogP) is 4.57. The summed E-state index contributed by atoms with van der Waals surface area (Å²) >= 11 is 6.97. The van der Waals surface area contributed by atoms with E-state index in [1.807, 2.05) is 29.2 Å². The molecule has 1 saturated heterocycles. The third kappa shape index (κ3) is 3.69. The van der Waals surface area contributed by atoms with Gasteiger partial charge in [-0.2, -0.15) is 0 Å². The van der Waals surface area contributed by atoms with Gasteiger partial charge < -0.3 is 19.6 Å². The number of benzene rings is 2. The second-order valence-electron chi connectivity index (χ2n) is 7.70. The van der Waals surface area contributed by atoms with E-state index in [1.54, 1.807) is 4.90 Å². The average molecular weight is 470 g/mol. The van der Waals surface area contributed by atoms with Crippen molar-refractivity contribution in [3.63, 3.8) is 0 Å². The molecule has 0 atom stereocenters. The van der Waals surface area contributed by atoms with Gasteiger partial charge >= 0.3 is 12.1 Å². The van der Waals surface area contributed by atoms with Crippen LogP contribution in [-0.4, -0.2) is 59.8 Å². The Balaban J connectivity index is 1.21. The molecule has 32 heavy (non-hydrogen) atoms. The zero-order valence-electron chi connectivity index (χ0n) is 17.0. The van der Waals surface area contributed by atoms with Gasteiger partial charge in [0.1, 0.15) is 6.61 Å². The van der Waals surface area contributed by atoms with Gasteiger partial charge in [-0.15, -0.1) is 0 Å². The molecule has 1 fully saturated rings. The molecule has 1 amide bonds. The Morgan fingerprint density at radius 3 is 2.19 bits per heavy atom. The number of hydrogen-bond donors (Lipinski definition) is 1. The van der Waals surface area contributed by atoms with E-state index in [9.17, 15) is 9.59 Å². The lowest BCUT2D eigenvalue weighted by Crippen LogP contribution is -2.49. The van der Waals surface area contributed by atoms with Crippen LogP contribution in [0.25, 0.3) is 11.1 Å². The summed E-state index contributed by atoms with van der Waals surface area (Å²) in [6.07, 6.45) is -0.338. The molecule has 1 aromatic heterocycles. The number of piperazine rings is 1. The van der Waals surface area contributed by atoms with Gasteiger partial charge in [-0.05, 0) is 22.3 Å². The molecule has 1 N–H and O–H groups in total. The Bertz CT molecular complexity index is 1140. The molecule has 0 unspecified atom stereocenters. The van der Waals surface area contributed by atoms with Crippen molar-refractivity contribution in [2.45, 2.75) is 5.92 Å². The lowest BCUT2D eigenvalue weighted by molar-refractivity contribution is 0.0702. The Labute approximate surface area is 193 Å². The first-order valence-corrected chi connectivity index (χ1v) is 11.5. The molecule has 2 heterocycles. The van der Waals surface area contributed by atoms with Gasteiger partial charge in [0.2, 0.25) is 0 Å². The van der Waals surface area contributed by atoms with Crippen LogP contribution in [0.1, 0.15) is 26.7 Å². The molecule has 2 aromatic carbocycles. The van der Waals surface area contributed by atoms with Crippen molar-refractivity contribution in [3.05, 3.63) is 69.7 Å². The van der Waals surface area contributed by atoms with Gasteiger partial charge in [-0.1, -0.05) is 71.5 Å². The first-order chi connectivity index (χ1) is 15.5. The van der Waals surface area contributed by atoms with Crippen molar-refractivity contribution in [3.8, 4) is 11.1 Å². The summed E-state index contributed by atoms with van der Waals surface area (Å²) in [6.45, 7) is 2.30. The highest BCUT2D eigenvalue weighted by Gasteiger charge is 2.31. The number of aromatic nitrogens is 1. The number of carboxylic acids is 1. The van der Waals surface area contributed by atoms with E-state index >= 15 is 0 Å². The van der Waals surface area contributed by atoms with Crippen molar-refractivity contribution >= 4 is 40.1 Å². The maximum atomic E-state index is 12.7. The molecule has 1 aliphatic heterocycles. The number of carbonyl (C=O) groups excluding carboxylic acids is 1. The molecule has 0 radical (unpaired) electrons. The molecular weight excluding hydrogens is 450 g/mol. The molecule has 0 spiro atoms. The van der Waals surface area contributed by atoms with Crippen LogP contribution in [0.4, 0.5) is 9.93 Å². The van der Waals surface area contributed by atoms with Gasteiger partial charge in [0, 0.05) is 32.1 Å². The van der Waals surface area contributed by atoms with Crippen LogP contribution >= 0.6 is 22.9 Å². The van der Waals surface area contributed by atoms with Gasteiger partial charge in [0.25, 0.3) is 0 Å². The van der Waals surface area contributed by atoms with E-state index in [4.69, 9.17) is 21.4 Å². The maximum absolute atomic E-state index is 12.7. The zero-order chi connectivity index (χ0) is 22.2. The zero-order valence-corrected chi connectivity index (χ0v) is 18.6. The molecule has 164 valence electrons. The lowest BCUT2D eigenvalue weighted by Gasteiger charge is -2.34. The highest BCUT2D eigenvalue weighted by atomic mass is 35.5. The van der Waals surface area contributed by atoms with Crippen LogP contribution in [0.15, 0.2) is 48.5 Å². The molecule has 5 rings (SSSR count). The molecular formula is C23H20ClN3O4S. The number of rotatable bonds is 4. The number of aromatic carboxylic acids is 1. The quantitative estimate of drug-likeness (QED) is 0.602. The number of fused-ring (bicyclic) bond motifs is 3. The predicted molar refractivity (Wildman–Crippen MR) is 123 cm³/mol. The first kappa shape index (κ1) is 20.8.